The maximum atomic E-state index is 10.9. The van der Waals surface area contributed by atoms with E-state index in [0.717, 1.165) is 27.7 Å². The zero-order valence-electron chi connectivity index (χ0n) is 17.5. The summed E-state index contributed by atoms with van der Waals surface area (Å²) in [4.78, 5) is 9.12. The standard InChI is InChI=1S/C24H28N2O.Ti/c1-23(2,3)18-13-17(22(27)19(14-18)24(4,5)6)15-26-20-11-7-9-16-10-8-12-25-21(16)20;/h7-15,27H,1-6H3;. The van der Waals surface area contributed by atoms with Crippen LogP contribution >= 0.6 is 0 Å². The number of aliphatic imine (C=N–C) groups is 1. The van der Waals surface area contributed by atoms with Gasteiger partial charge in [-0.25, -0.2) is 0 Å². The van der Waals surface area contributed by atoms with Crippen molar-refractivity contribution < 1.29 is 26.8 Å². The van der Waals surface area contributed by atoms with Crippen LogP contribution in [0.25, 0.3) is 10.9 Å². The molecule has 0 aliphatic rings. The summed E-state index contributed by atoms with van der Waals surface area (Å²) in [6, 6.07) is 14.0. The van der Waals surface area contributed by atoms with Crippen molar-refractivity contribution >= 4 is 22.8 Å². The molecular formula is C24H28N2OTi. The Labute approximate surface area is 182 Å². The zero-order valence-corrected chi connectivity index (χ0v) is 19.1. The molecule has 1 aromatic heterocycles. The number of nitrogens with zero attached hydrogens (tertiary/aromatic N) is 2. The van der Waals surface area contributed by atoms with Crippen LogP contribution in [0.4, 0.5) is 5.69 Å². The average molecular weight is 408 g/mol. The summed E-state index contributed by atoms with van der Waals surface area (Å²) in [5, 5.41) is 12.0. The van der Waals surface area contributed by atoms with E-state index < -0.39 is 0 Å². The van der Waals surface area contributed by atoms with E-state index in [0.29, 0.717) is 5.75 Å². The van der Waals surface area contributed by atoms with Gasteiger partial charge in [-0.15, -0.1) is 0 Å². The molecule has 0 saturated carbocycles. The van der Waals surface area contributed by atoms with E-state index in [4.69, 9.17) is 0 Å². The Morgan fingerprint density at radius 3 is 2.25 bits per heavy atom. The minimum Gasteiger partial charge on any atom is -0.507 e. The number of fused-ring (bicyclic) bond motifs is 1. The second-order valence-electron chi connectivity index (χ2n) is 9.07. The summed E-state index contributed by atoms with van der Waals surface area (Å²) >= 11 is 0. The van der Waals surface area contributed by atoms with E-state index in [-0.39, 0.29) is 32.5 Å². The largest absolute Gasteiger partial charge is 0.507 e. The van der Waals surface area contributed by atoms with Gasteiger partial charge in [-0.2, -0.15) is 0 Å². The summed E-state index contributed by atoms with van der Waals surface area (Å²) in [7, 11) is 0. The van der Waals surface area contributed by atoms with Gasteiger partial charge in [0.15, 0.2) is 0 Å². The molecule has 1 heterocycles. The number of aromatic nitrogens is 1. The molecule has 0 radical (unpaired) electrons. The molecule has 3 rings (SSSR count). The fourth-order valence-electron chi connectivity index (χ4n) is 3.09. The van der Waals surface area contributed by atoms with Crippen LogP contribution in [-0.2, 0) is 32.5 Å². The van der Waals surface area contributed by atoms with Crippen molar-refractivity contribution in [2.75, 3.05) is 0 Å². The number of rotatable bonds is 2. The molecule has 0 spiro atoms. The molecule has 4 heteroatoms. The number of hydrogen-bond donors (Lipinski definition) is 1. The van der Waals surface area contributed by atoms with Gasteiger partial charge in [0, 0.05) is 50.6 Å². The molecule has 3 nitrogen and oxygen atoms in total. The molecule has 0 fully saturated rings. The van der Waals surface area contributed by atoms with Gasteiger partial charge in [0.25, 0.3) is 0 Å². The van der Waals surface area contributed by atoms with E-state index in [2.05, 4.69) is 57.6 Å². The molecule has 0 atom stereocenters. The Morgan fingerprint density at radius 2 is 1.61 bits per heavy atom. The third-order valence-electron chi connectivity index (χ3n) is 4.77. The third kappa shape index (κ3) is 4.71. The normalized spacial score (nSPS) is 12.4. The van der Waals surface area contributed by atoms with Gasteiger partial charge in [0.05, 0.1) is 11.2 Å². The summed E-state index contributed by atoms with van der Waals surface area (Å²) in [6.45, 7) is 12.9. The minimum absolute atomic E-state index is 0. The third-order valence-corrected chi connectivity index (χ3v) is 4.77. The molecule has 0 bridgehead atoms. The number of benzene rings is 2. The topological polar surface area (TPSA) is 45.5 Å². The van der Waals surface area contributed by atoms with E-state index in [1.54, 1.807) is 12.4 Å². The number of pyridine rings is 1. The molecule has 0 aliphatic carbocycles. The summed E-state index contributed by atoms with van der Waals surface area (Å²) in [5.41, 5.74) is 4.34. The maximum absolute atomic E-state index is 10.9. The molecule has 3 aromatic rings. The molecule has 144 valence electrons. The summed E-state index contributed by atoms with van der Waals surface area (Å²) in [5.74, 6) is 0.299. The first kappa shape index (κ1) is 22.3. The van der Waals surface area contributed by atoms with Crippen molar-refractivity contribution in [2.45, 2.75) is 52.4 Å². The van der Waals surface area contributed by atoms with Gasteiger partial charge in [-0.3, -0.25) is 9.98 Å². The molecule has 0 unspecified atom stereocenters. The molecule has 0 saturated heterocycles. The van der Waals surface area contributed by atoms with Gasteiger partial charge in [-0.05, 0) is 34.6 Å². The number of phenols is 1. The Hall–Kier alpha value is -1.97. The van der Waals surface area contributed by atoms with Crippen LogP contribution in [0, 0.1) is 0 Å². The quantitative estimate of drug-likeness (QED) is 0.400. The van der Waals surface area contributed by atoms with Gasteiger partial charge in [0.2, 0.25) is 0 Å². The first-order chi connectivity index (χ1) is 12.6. The van der Waals surface area contributed by atoms with Gasteiger partial charge < -0.3 is 5.11 Å². The number of aromatic hydroxyl groups is 1. The molecule has 0 amide bonds. The maximum Gasteiger partial charge on any atom is 0.128 e. The van der Waals surface area contributed by atoms with Crippen molar-refractivity contribution in [1.29, 1.82) is 0 Å². The van der Waals surface area contributed by atoms with Crippen molar-refractivity contribution in [3.8, 4) is 5.75 Å². The minimum atomic E-state index is -0.158. The second-order valence-corrected chi connectivity index (χ2v) is 9.07. The monoisotopic (exact) mass is 408 g/mol. The Kier molecular flexibility index (Phi) is 6.53. The van der Waals surface area contributed by atoms with Crippen molar-refractivity contribution in [1.82, 2.24) is 4.98 Å². The number of phenolic OH excluding ortho intramolecular Hbond substituents is 1. The summed E-state index contributed by atoms with van der Waals surface area (Å²) in [6.07, 6.45) is 3.53. The van der Waals surface area contributed by atoms with Gasteiger partial charge >= 0.3 is 0 Å². The summed E-state index contributed by atoms with van der Waals surface area (Å²) < 4.78 is 0. The average Bonchev–Trinajstić information content (AvgIpc) is 2.58. The predicted octanol–water partition coefficient (Wildman–Crippen LogP) is 6.28. The molecule has 0 aliphatic heterocycles. The first-order valence-corrected chi connectivity index (χ1v) is 9.33. The van der Waals surface area contributed by atoms with Crippen LogP contribution in [-0.4, -0.2) is 16.3 Å². The van der Waals surface area contributed by atoms with Crippen molar-refractivity contribution in [3.63, 3.8) is 0 Å². The van der Waals surface area contributed by atoms with Crippen LogP contribution in [0.3, 0.4) is 0 Å². The van der Waals surface area contributed by atoms with Crippen LogP contribution in [0.1, 0.15) is 58.2 Å². The first-order valence-electron chi connectivity index (χ1n) is 9.33. The van der Waals surface area contributed by atoms with E-state index in [1.165, 1.54) is 5.56 Å². The van der Waals surface area contributed by atoms with Crippen LogP contribution in [0.15, 0.2) is 53.7 Å². The smallest absolute Gasteiger partial charge is 0.128 e. The SMILES string of the molecule is CC(C)(C)c1cc(C=Nc2cccc3cccnc23)c(O)c(C(C)(C)C)c1.[Ti]. The molecular weight excluding hydrogens is 380 g/mol. The Bertz CT molecular complexity index is 1010. The molecule has 1 N–H and O–H groups in total. The fourth-order valence-corrected chi connectivity index (χ4v) is 3.09. The van der Waals surface area contributed by atoms with Crippen LogP contribution in [0.2, 0.25) is 0 Å². The van der Waals surface area contributed by atoms with Crippen LogP contribution < -0.4 is 0 Å². The number of para-hydroxylation sites is 1. The van der Waals surface area contributed by atoms with Crippen molar-refractivity contribution in [3.05, 3.63) is 65.4 Å². The predicted molar refractivity (Wildman–Crippen MR) is 115 cm³/mol. The van der Waals surface area contributed by atoms with E-state index in [9.17, 15) is 5.11 Å². The number of hydrogen-bond acceptors (Lipinski definition) is 3. The van der Waals surface area contributed by atoms with Crippen LogP contribution in [0.5, 0.6) is 5.75 Å². The Morgan fingerprint density at radius 1 is 0.929 bits per heavy atom. The van der Waals surface area contributed by atoms with Gasteiger partial charge in [-0.1, -0.05) is 65.8 Å². The van der Waals surface area contributed by atoms with E-state index in [1.807, 2.05) is 36.4 Å². The zero-order chi connectivity index (χ0) is 19.8. The van der Waals surface area contributed by atoms with Crippen molar-refractivity contribution in [2.24, 2.45) is 4.99 Å². The molecule has 28 heavy (non-hydrogen) atoms. The molecule has 2 aromatic carbocycles. The Balaban J connectivity index is 0.00000280. The second kappa shape index (κ2) is 8.18. The van der Waals surface area contributed by atoms with E-state index >= 15 is 0 Å². The van der Waals surface area contributed by atoms with Gasteiger partial charge in [0.1, 0.15) is 5.75 Å². The fraction of sp³-hybridized carbons (Fsp3) is 0.333.